The van der Waals surface area contributed by atoms with Crippen LogP contribution in [0.25, 0.3) is 33.1 Å². The monoisotopic (exact) mass is 393 g/mol. The third kappa shape index (κ3) is 3.44. The minimum atomic E-state index is -0.418. The van der Waals surface area contributed by atoms with Gasteiger partial charge in [-0.05, 0) is 42.8 Å². The predicted octanol–water partition coefficient (Wildman–Crippen LogP) is 6.15. The van der Waals surface area contributed by atoms with Crippen molar-refractivity contribution >= 4 is 21.9 Å². The zero-order valence-corrected chi connectivity index (χ0v) is 16.4. The standard InChI is InChI=1S/C26H19NO3/c1-17(18-7-3-2-4-8-18)29-21-13-11-20-15-22(26(28)30-25(20)16-21)24-14-12-19-9-5-6-10-23(19)27-24/h2-17H,1H3. The quantitative estimate of drug-likeness (QED) is 0.344. The molecular weight excluding hydrogens is 374 g/mol. The van der Waals surface area contributed by atoms with E-state index in [-0.39, 0.29) is 6.10 Å². The van der Waals surface area contributed by atoms with Gasteiger partial charge in [-0.3, -0.25) is 0 Å². The maximum absolute atomic E-state index is 12.7. The fraction of sp³-hybridized carbons (Fsp3) is 0.0769. The van der Waals surface area contributed by atoms with Crippen LogP contribution in [-0.4, -0.2) is 4.98 Å². The van der Waals surface area contributed by atoms with Gasteiger partial charge in [0.25, 0.3) is 0 Å². The smallest absolute Gasteiger partial charge is 0.345 e. The van der Waals surface area contributed by atoms with Crippen molar-refractivity contribution in [1.82, 2.24) is 4.98 Å². The van der Waals surface area contributed by atoms with Crippen molar-refractivity contribution in [3.63, 3.8) is 0 Å². The van der Waals surface area contributed by atoms with E-state index >= 15 is 0 Å². The van der Waals surface area contributed by atoms with Crippen molar-refractivity contribution < 1.29 is 9.15 Å². The van der Waals surface area contributed by atoms with Gasteiger partial charge in [0.2, 0.25) is 0 Å². The molecule has 4 nitrogen and oxygen atoms in total. The summed E-state index contributed by atoms with van der Waals surface area (Å²) < 4.78 is 11.6. The van der Waals surface area contributed by atoms with Gasteiger partial charge in [-0.2, -0.15) is 0 Å². The number of fused-ring (bicyclic) bond motifs is 2. The van der Waals surface area contributed by atoms with Crippen molar-refractivity contribution in [2.24, 2.45) is 0 Å². The molecule has 1 unspecified atom stereocenters. The first-order valence-electron chi connectivity index (χ1n) is 9.83. The third-order valence-corrected chi connectivity index (χ3v) is 5.16. The molecule has 0 fully saturated rings. The second-order valence-electron chi connectivity index (χ2n) is 7.21. The first kappa shape index (κ1) is 18.1. The normalized spacial score (nSPS) is 12.2. The summed E-state index contributed by atoms with van der Waals surface area (Å²) in [5.41, 5.74) is 3.03. The van der Waals surface area contributed by atoms with Crippen molar-refractivity contribution in [2.45, 2.75) is 13.0 Å². The van der Waals surface area contributed by atoms with Crippen LogP contribution < -0.4 is 10.4 Å². The van der Waals surface area contributed by atoms with E-state index in [2.05, 4.69) is 4.98 Å². The average molecular weight is 393 g/mol. The van der Waals surface area contributed by atoms with E-state index in [1.807, 2.05) is 91.9 Å². The Morgan fingerprint density at radius 1 is 0.833 bits per heavy atom. The van der Waals surface area contributed by atoms with Crippen LogP contribution in [0, 0.1) is 0 Å². The van der Waals surface area contributed by atoms with E-state index in [9.17, 15) is 4.79 Å². The highest BCUT2D eigenvalue weighted by molar-refractivity contribution is 5.85. The highest BCUT2D eigenvalue weighted by Crippen LogP contribution is 2.27. The summed E-state index contributed by atoms with van der Waals surface area (Å²) in [6.07, 6.45) is -0.114. The maximum Gasteiger partial charge on any atom is 0.345 e. The van der Waals surface area contributed by atoms with Crippen LogP contribution in [0.4, 0.5) is 0 Å². The van der Waals surface area contributed by atoms with Gasteiger partial charge >= 0.3 is 5.63 Å². The molecule has 5 aromatic rings. The van der Waals surface area contributed by atoms with E-state index in [1.54, 1.807) is 6.07 Å². The van der Waals surface area contributed by atoms with Crippen LogP contribution >= 0.6 is 0 Å². The van der Waals surface area contributed by atoms with Gasteiger partial charge in [0.1, 0.15) is 17.4 Å². The number of para-hydroxylation sites is 1. The van der Waals surface area contributed by atoms with Gasteiger partial charge in [0.15, 0.2) is 0 Å². The van der Waals surface area contributed by atoms with Gasteiger partial charge in [-0.15, -0.1) is 0 Å². The van der Waals surface area contributed by atoms with Gasteiger partial charge in [-0.25, -0.2) is 9.78 Å². The fourth-order valence-corrected chi connectivity index (χ4v) is 3.56. The number of nitrogens with zero attached hydrogens (tertiary/aromatic N) is 1. The molecule has 30 heavy (non-hydrogen) atoms. The molecule has 1 atom stereocenters. The SMILES string of the molecule is CC(Oc1ccc2cc(-c3ccc4ccccc4n3)c(=O)oc2c1)c1ccccc1. The lowest BCUT2D eigenvalue weighted by molar-refractivity contribution is 0.227. The number of ether oxygens (including phenoxy) is 1. The molecule has 0 aliphatic rings. The van der Waals surface area contributed by atoms with Crippen LogP contribution in [-0.2, 0) is 0 Å². The van der Waals surface area contributed by atoms with Gasteiger partial charge < -0.3 is 9.15 Å². The molecule has 0 radical (unpaired) electrons. The van der Waals surface area contributed by atoms with Crippen LogP contribution in [0.15, 0.2) is 100 Å². The van der Waals surface area contributed by atoms with Gasteiger partial charge in [-0.1, -0.05) is 54.6 Å². The first-order valence-corrected chi connectivity index (χ1v) is 9.83. The number of hydrogen-bond donors (Lipinski definition) is 0. The predicted molar refractivity (Wildman–Crippen MR) is 119 cm³/mol. The highest BCUT2D eigenvalue weighted by atomic mass is 16.5. The fourth-order valence-electron chi connectivity index (χ4n) is 3.56. The number of aromatic nitrogens is 1. The molecule has 3 aromatic carbocycles. The second-order valence-corrected chi connectivity index (χ2v) is 7.21. The zero-order chi connectivity index (χ0) is 20.5. The van der Waals surface area contributed by atoms with Crippen molar-refractivity contribution in [3.8, 4) is 17.0 Å². The topological polar surface area (TPSA) is 52.3 Å². The van der Waals surface area contributed by atoms with Gasteiger partial charge in [0.05, 0.1) is 16.8 Å². The molecular formula is C26H19NO3. The lowest BCUT2D eigenvalue weighted by atomic mass is 10.1. The summed E-state index contributed by atoms with van der Waals surface area (Å²) in [6.45, 7) is 1.99. The molecule has 0 saturated heterocycles. The molecule has 5 rings (SSSR count). The van der Waals surface area contributed by atoms with Crippen LogP contribution in [0.2, 0.25) is 0 Å². The Morgan fingerprint density at radius 2 is 1.60 bits per heavy atom. The molecule has 2 aromatic heterocycles. The van der Waals surface area contributed by atoms with Gasteiger partial charge in [0, 0.05) is 16.8 Å². The zero-order valence-electron chi connectivity index (χ0n) is 16.4. The lowest BCUT2D eigenvalue weighted by Crippen LogP contribution is -2.05. The summed E-state index contributed by atoms with van der Waals surface area (Å²) in [5.74, 6) is 0.651. The Morgan fingerprint density at radius 3 is 2.47 bits per heavy atom. The van der Waals surface area contributed by atoms with Crippen LogP contribution in [0.3, 0.4) is 0 Å². The third-order valence-electron chi connectivity index (χ3n) is 5.16. The van der Waals surface area contributed by atoms with E-state index in [0.717, 1.165) is 21.9 Å². The lowest BCUT2D eigenvalue weighted by Gasteiger charge is -2.15. The van der Waals surface area contributed by atoms with E-state index < -0.39 is 5.63 Å². The first-order chi connectivity index (χ1) is 14.7. The Kier molecular flexibility index (Phi) is 4.52. The molecule has 0 spiro atoms. The highest BCUT2D eigenvalue weighted by Gasteiger charge is 2.12. The van der Waals surface area contributed by atoms with E-state index in [4.69, 9.17) is 9.15 Å². The Balaban J connectivity index is 1.50. The summed E-state index contributed by atoms with van der Waals surface area (Å²) in [5, 5.41) is 1.85. The van der Waals surface area contributed by atoms with E-state index in [1.165, 1.54) is 0 Å². The van der Waals surface area contributed by atoms with Crippen LogP contribution in [0.5, 0.6) is 5.75 Å². The number of hydrogen-bond acceptors (Lipinski definition) is 4. The number of benzene rings is 3. The second kappa shape index (κ2) is 7.48. The van der Waals surface area contributed by atoms with Crippen molar-refractivity contribution in [3.05, 3.63) is 107 Å². The molecule has 0 saturated carbocycles. The summed E-state index contributed by atoms with van der Waals surface area (Å²) in [6, 6.07) is 29.0. The minimum Gasteiger partial charge on any atom is -0.486 e. The van der Waals surface area contributed by atoms with E-state index in [0.29, 0.717) is 22.6 Å². The summed E-state index contributed by atoms with van der Waals surface area (Å²) in [7, 11) is 0. The maximum atomic E-state index is 12.7. The average Bonchev–Trinajstić information content (AvgIpc) is 2.79. The molecule has 0 aliphatic heterocycles. The number of pyridine rings is 1. The minimum absolute atomic E-state index is 0.114. The molecule has 0 amide bonds. The molecule has 0 N–H and O–H groups in total. The summed E-state index contributed by atoms with van der Waals surface area (Å²) >= 11 is 0. The summed E-state index contributed by atoms with van der Waals surface area (Å²) in [4.78, 5) is 17.3. The molecule has 0 aliphatic carbocycles. The Labute approximate surface area is 173 Å². The number of rotatable bonds is 4. The van der Waals surface area contributed by atoms with Crippen molar-refractivity contribution in [2.75, 3.05) is 0 Å². The molecule has 2 heterocycles. The molecule has 4 heteroatoms. The molecule has 146 valence electrons. The Hall–Kier alpha value is -3.92. The largest absolute Gasteiger partial charge is 0.486 e. The van der Waals surface area contributed by atoms with Crippen molar-refractivity contribution in [1.29, 1.82) is 0 Å². The molecule has 0 bridgehead atoms. The van der Waals surface area contributed by atoms with Crippen LogP contribution in [0.1, 0.15) is 18.6 Å². The Bertz CT molecular complexity index is 1410.